The van der Waals surface area contributed by atoms with Crippen LogP contribution in [0.15, 0.2) is 40.9 Å². The minimum atomic E-state index is -0.457. The lowest BCUT2D eigenvalue weighted by atomic mass is 10.1. The molecule has 0 spiro atoms. The summed E-state index contributed by atoms with van der Waals surface area (Å²) >= 11 is 3.31. The molecule has 110 valence electrons. The molecule has 0 atom stereocenters. The lowest BCUT2D eigenvalue weighted by Gasteiger charge is -2.12. The molecule has 0 unspecified atom stereocenters. The lowest BCUT2D eigenvalue weighted by molar-refractivity contribution is 0.101. The van der Waals surface area contributed by atoms with Gasteiger partial charge in [0.2, 0.25) is 0 Å². The van der Waals surface area contributed by atoms with E-state index >= 15 is 0 Å². The minimum Gasteiger partial charge on any atom is -0.494 e. The monoisotopic (exact) mass is 352 g/mol. The summed E-state index contributed by atoms with van der Waals surface area (Å²) in [6.07, 6.45) is 0. The van der Waals surface area contributed by atoms with Gasteiger partial charge in [-0.3, -0.25) is 4.79 Å². The standard InChI is InChI=1S/C16H14BrFO3/c1-10(19)13-8-12(17)6-7-14(13)21-9-11-4-3-5-15(20-2)16(11)18/h3-8H,9H2,1-2H3. The number of hydrogen-bond acceptors (Lipinski definition) is 3. The van der Waals surface area contributed by atoms with Gasteiger partial charge in [0.1, 0.15) is 12.4 Å². The zero-order chi connectivity index (χ0) is 15.4. The molecule has 5 heteroatoms. The maximum absolute atomic E-state index is 14.0. The number of ether oxygens (including phenoxy) is 2. The van der Waals surface area contributed by atoms with Crippen LogP contribution in [0.1, 0.15) is 22.8 Å². The van der Waals surface area contributed by atoms with E-state index in [1.54, 1.807) is 36.4 Å². The fraction of sp³-hybridized carbons (Fsp3) is 0.188. The Morgan fingerprint density at radius 1 is 1.24 bits per heavy atom. The molecular weight excluding hydrogens is 339 g/mol. The molecule has 0 heterocycles. The van der Waals surface area contributed by atoms with Crippen molar-refractivity contribution in [3.63, 3.8) is 0 Å². The van der Waals surface area contributed by atoms with E-state index in [1.807, 2.05) is 0 Å². The molecule has 2 aromatic carbocycles. The summed E-state index contributed by atoms with van der Waals surface area (Å²) in [4.78, 5) is 11.6. The molecule has 2 rings (SSSR count). The van der Waals surface area contributed by atoms with Crippen LogP contribution in [0.3, 0.4) is 0 Å². The van der Waals surface area contributed by atoms with Crippen molar-refractivity contribution in [2.75, 3.05) is 7.11 Å². The Labute approximate surface area is 130 Å². The summed E-state index contributed by atoms with van der Waals surface area (Å²) < 4.78 is 25.3. The van der Waals surface area contributed by atoms with Crippen molar-refractivity contribution < 1.29 is 18.7 Å². The first-order valence-electron chi connectivity index (χ1n) is 6.27. The maximum atomic E-state index is 14.0. The van der Waals surface area contributed by atoms with Gasteiger partial charge in [0.05, 0.1) is 12.7 Å². The lowest BCUT2D eigenvalue weighted by Crippen LogP contribution is -2.04. The van der Waals surface area contributed by atoms with Gasteiger partial charge < -0.3 is 9.47 Å². The Balaban J connectivity index is 2.23. The molecule has 0 aliphatic rings. The topological polar surface area (TPSA) is 35.5 Å². The third kappa shape index (κ3) is 3.61. The molecular formula is C16H14BrFO3. The fourth-order valence-corrected chi connectivity index (χ4v) is 2.25. The molecule has 0 amide bonds. The Morgan fingerprint density at radius 2 is 2.00 bits per heavy atom. The number of carbonyl (C=O) groups is 1. The van der Waals surface area contributed by atoms with Crippen molar-refractivity contribution in [1.29, 1.82) is 0 Å². The second-order valence-corrected chi connectivity index (χ2v) is 5.33. The normalized spacial score (nSPS) is 10.3. The van der Waals surface area contributed by atoms with Gasteiger partial charge in [0, 0.05) is 10.0 Å². The van der Waals surface area contributed by atoms with Gasteiger partial charge in [-0.1, -0.05) is 28.1 Å². The first kappa shape index (κ1) is 15.5. The summed E-state index contributed by atoms with van der Waals surface area (Å²) in [7, 11) is 1.41. The third-order valence-corrected chi connectivity index (χ3v) is 3.46. The predicted molar refractivity (Wildman–Crippen MR) is 81.4 cm³/mol. The maximum Gasteiger partial charge on any atom is 0.171 e. The summed E-state index contributed by atoms with van der Waals surface area (Å²) in [6.45, 7) is 1.48. The Morgan fingerprint density at radius 3 is 2.67 bits per heavy atom. The number of hydrogen-bond donors (Lipinski definition) is 0. The Hall–Kier alpha value is -1.88. The molecule has 0 aliphatic heterocycles. The molecule has 0 saturated heterocycles. The van der Waals surface area contributed by atoms with Gasteiger partial charge in [-0.25, -0.2) is 4.39 Å². The van der Waals surface area contributed by atoms with E-state index in [9.17, 15) is 9.18 Å². The van der Waals surface area contributed by atoms with Gasteiger partial charge in [-0.2, -0.15) is 0 Å². The average Bonchev–Trinajstić information content (AvgIpc) is 2.47. The summed E-state index contributed by atoms with van der Waals surface area (Å²) in [5, 5.41) is 0. The quantitative estimate of drug-likeness (QED) is 0.749. The van der Waals surface area contributed by atoms with Crippen LogP contribution in [-0.2, 0) is 6.61 Å². The predicted octanol–water partition coefficient (Wildman–Crippen LogP) is 4.38. The van der Waals surface area contributed by atoms with Crippen molar-refractivity contribution in [2.24, 2.45) is 0 Å². The molecule has 21 heavy (non-hydrogen) atoms. The van der Waals surface area contributed by atoms with E-state index < -0.39 is 5.82 Å². The summed E-state index contributed by atoms with van der Waals surface area (Å²) in [6, 6.07) is 9.97. The zero-order valence-corrected chi connectivity index (χ0v) is 13.2. The fourth-order valence-electron chi connectivity index (χ4n) is 1.88. The highest BCUT2D eigenvalue weighted by atomic mass is 79.9. The average molecular weight is 353 g/mol. The molecule has 0 aromatic heterocycles. The van der Waals surface area contributed by atoms with E-state index in [1.165, 1.54) is 14.0 Å². The van der Waals surface area contributed by atoms with Gasteiger partial charge in [0.25, 0.3) is 0 Å². The highest BCUT2D eigenvalue weighted by molar-refractivity contribution is 9.10. The van der Waals surface area contributed by atoms with Crippen LogP contribution < -0.4 is 9.47 Å². The van der Waals surface area contributed by atoms with E-state index in [-0.39, 0.29) is 18.1 Å². The van der Waals surface area contributed by atoms with Crippen LogP contribution in [0.5, 0.6) is 11.5 Å². The van der Waals surface area contributed by atoms with Crippen LogP contribution in [0.4, 0.5) is 4.39 Å². The highest BCUT2D eigenvalue weighted by Gasteiger charge is 2.12. The van der Waals surface area contributed by atoms with Crippen molar-refractivity contribution in [3.05, 3.63) is 57.8 Å². The number of carbonyl (C=O) groups excluding carboxylic acids is 1. The SMILES string of the molecule is COc1cccc(COc2ccc(Br)cc2C(C)=O)c1F. The van der Waals surface area contributed by atoms with Gasteiger partial charge >= 0.3 is 0 Å². The van der Waals surface area contributed by atoms with Crippen LogP contribution in [0.2, 0.25) is 0 Å². The molecule has 0 aliphatic carbocycles. The van der Waals surface area contributed by atoms with E-state index in [0.29, 0.717) is 16.9 Å². The van der Waals surface area contributed by atoms with Crippen LogP contribution >= 0.6 is 15.9 Å². The first-order valence-corrected chi connectivity index (χ1v) is 7.07. The second kappa shape index (κ2) is 6.72. The smallest absolute Gasteiger partial charge is 0.171 e. The molecule has 2 aromatic rings. The van der Waals surface area contributed by atoms with Crippen molar-refractivity contribution in [3.8, 4) is 11.5 Å². The van der Waals surface area contributed by atoms with Crippen molar-refractivity contribution >= 4 is 21.7 Å². The molecule has 3 nitrogen and oxygen atoms in total. The second-order valence-electron chi connectivity index (χ2n) is 4.42. The summed E-state index contributed by atoms with van der Waals surface area (Å²) in [5.41, 5.74) is 0.819. The van der Waals surface area contributed by atoms with Gasteiger partial charge in [-0.15, -0.1) is 0 Å². The molecule has 0 N–H and O–H groups in total. The molecule has 0 saturated carbocycles. The third-order valence-electron chi connectivity index (χ3n) is 2.97. The number of rotatable bonds is 5. The van der Waals surface area contributed by atoms with E-state index in [0.717, 1.165) is 4.47 Å². The van der Waals surface area contributed by atoms with Gasteiger partial charge in [-0.05, 0) is 31.2 Å². The number of ketones is 1. The van der Waals surface area contributed by atoms with Crippen molar-refractivity contribution in [2.45, 2.75) is 13.5 Å². The highest BCUT2D eigenvalue weighted by Crippen LogP contribution is 2.26. The largest absolute Gasteiger partial charge is 0.494 e. The van der Waals surface area contributed by atoms with E-state index in [4.69, 9.17) is 9.47 Å². The minimum absolute atomic E-state index is 0.0188. The first-order chi connectivity index (χ1) is 10.0. The van der Waals surface area contributed by atoms with Crippen LogP contribution in [-0.4, -0.2) is 12.9 Å². The summed E-state index contributed by atoms with van der Waals surface area (Å²) in [5.74, 6) is 0.0190. The van der Waals surface area contributed by atoms with Crippen molar-refractivity contribution in [1.82, 2.24) is 0 Å². The number of halogens is 2. The molecule has 0 radical (unpaired) electrons. The number of benzene rings is 2. The Kier molecular flexibility index (Phi) is 4.96. The van der Waals surface area contributed by atoms with Gasteiger partial charge in [0.15, 0.2) is 17.3 Å². The number of Topliss-reactive ketones (excluding diaryl/α,β-unsaturated/α-hetero) is 1. The van der Waals surface area contributed by atoms with Crippen LogP contribution in [0.25, 0.3) is 0 Å². The zero-order valence-electron chi connectivity index (χ0n) is 11.7. The number of methoxy groups -OCH3 is 1. The van der Waals surface area contributed by atoms with Crippen LogP contribution in [0, 0.1) is 5.82 Å². The molecule has 0 bridgehead atoms. The molecule has 0 fully saturated rings. The Bertz CT molecular complexity index is 671. The van der Waals surface area contributed by atoms with E-state index in [2.05, 4.69) is 15.9 Å².